The van der Waals surface area contributed by atoms with Crippen molar-refractivity contribution in [2.45, 2.75) is 24.7 Å². The highest BCUT2D eigenvalue weighted by atomic mass is 32.2. The number of aryl methyl sites for hydroxylation is 2. The summed E-state index contributed by atoms with van der Waals surface area (Å²) in [7, 11) is 0. The van der Waals surface area contributed by atoms with E-state index in [4.69, 9.17) is 0 Å². The van der Waals surface area contributed by atoms with E-state index in [0.717, 1.165) is 27.3 Å². The summed E-state index contributed by atoms with van der Waals surface area (Å²) in [6.45, 7) is 4.26. The first-order valence-electron chi connectivity index (χ1n) is 7.79. The van der Waals surface area contributed by atoms with Crippen molar-refractivity contribution in [2.24, 2.45) is 0 Å². The van der Waals surface area contributed by atoms with Crippen LogP contribution < -0.4 is 4.90 Å². The molecular formula is C19H19NO3S. The molecule has 124 valence electrons. The van der Waals surface area contributed by atoms with Gasteiger partial charge in [0.05, 0.1) is 5.75 Å². The smallest absolute Gasteiger partial charge is 0.312 e. The number of anilines is 1. The number of carboxylic acid groups (broad SMARTS) is 1. The molecule has 4 nitrogen and oxygen atoms in total. The number of para-hydroxylation sites is 1. The van der Waals surface area contributed by atoms with Crippen LogP contribution >= 0.6 is 11.8 Å². The molecule has 0 saturated heterocycles. The molecule has 1 amide bonds. The second-order valence-corrected chi connectivity index (χ2v) is 7.03. The van der Waals surface area contributed by atoms with Crippen molar-refractivity contribution in [1.82, 2.24) is 0 Å². The number of hydrogen-bond donors (Lipinski definition) is 1. The van der Waals surface area contributed by atoms with Crippen LogP contribution in [0.15, 0.2) is 47.4 Å². The average molecular weight is 341 g/mol. The summed E-state index contributed by atoms with van der Waals surface area (Å²) in [5, 5.41) is 9.39. The molecule has 3 rings (SSSR count). The maximum absolute atomic E-state index is 12.7. The fraction of sp³-hybridized carbons (Fsp3) is 0.263. The van der Waals surface area contributed by atoms with Gasteiger partial charge in [-0.25, -0.2) is 0 Å². The minimum Gasteiger partial charge on any atom is -0.481 e. The van der Waals surface area contributed by atoms with Gasteiger partial charge in [0.2, 0.25) is 5.91 Å². The lowest BCUT2D eigenvalue weighted by Crippen LogP contribution is -2.32. The van der Waals surface area contributed by atoms with Gasteiger partial charge in [-0.2, -0.15) is 0 Å². The Kier molecular flexibility index (Phi) is 4.62. The molecule has 0 aromatic heterocycles. The fourth-order valence-corrected chi connectivity index (χ4v) is 3.93. The summed E-state index contributed by atoms with van der Waals surface area (Å²) < 4.78 is 0. The third-order valence-electron chi connectivity index (χ3n) is 4.26. The van der Waals surface area contributed by atoms with E-state index >= 15 is 0 Å². The zero-order chi connectivity index (χ0) is 17.3. The summed E-state index contributed by atoms with van der Waals surface area (Å²) >= 11 is 1.50. The highest BCUT2D eigenvalue weighted by Gasteiger charge is 2.36. The third kappa shape index (κ3) is 3.17. The predicted molar refractivity (Wildman–Crippen MR) is 95.8 cm³/mol. The minimum absolute atomic E-state index is 0.0582. The van der Waals surface area contributed by atoms with Crippen LogP contribution in [0.3, 0.4) is 0 Å². The lowest BCUT2D eigenvalue weighted by Gasteiger charge is -2.17. The van der Waals surface area contributed by atoms with Gasteiger partial charge < -0.3 is 10.0 Å². The van der Waals surface area contributed by atoms with Crippen LogP contribution in [0.5, 0.6) is 0 Å². The zero-order valence-electron chi connectivity index (χ0n) is 13.7. The van der Waals surface area contributed by atoms with Crippen LogP contribution in [-0.2, 0) is 9.59 Å². The van der Waals surface area contributed by atoms with E-state index in [1.165, 1.54) is 11.8 Å². The van der Waals surface area contributed by atoms with E-state index in [0.29, 0.717) is 5.75 Å². The number of thioether (sulfide) groups is 1. The second-order valence-electron chi connectivity index (χ2n) is 6.01. The van der Waals surface area contributed by atoms with Crippen molar-refractivity contribution in [3.05, 3.63) is 59.2 Å². The Morgan fingerprint density at radius 1 is 1.21 bits per heavy atom. The lowest BCUT2D eigenvalue weighted by molar-refractivity contribution is -0.138. The van der Waals surface area contributed by atoms with Gasteiger partial charge in [0.1, 0.15) is 5.92 Å². The first-order valence-corrected chi connectivity index (χ1v) is 8.78. The molecule has 1 atom stereocenters. The van der Waals surface area contributed by atoms with Gasteiger partial charge in [0, 0.05) is 17.1 Å². The molecule has 1 aliphatic rings. The third-order valence-corrected chi connectivity index (χ3v) is 5.40. The Hall–Kier alpha value is -2.27. The van der Waals surface area contributed by atoms with Crippen molar-refractivity contribution in [2.75, 3.05) is 17.2 Å². The lowest BCUT2D eigenvalue weighted by atomic mass is 10.0. The first-order chi connectivity index (χ1) is 11.5. The Balaban J connectivity index is 1.76. The first kappa shape index (κ1) is 16.6. The molecule has 1 aliphatic heterocycles. The molecular weight excluding hydrogens is 322 g/mol. The standard InChI is InChI=1S/C19H19NO3S/c1-12-7-8-13(2)17(9-12)24-11-18(21)20-10-15(19(22)23)14-5-3-4-6-16(14)20/h3-9,15H,10-11H2,1-2H3,(H,22,23). The molecule has 0 saturated carbocycles. The number of fused-ring (bicyclic) bond motifs is 1. The summed E-state index contributed by atoms with van der Waals surface area (Å²) in [5.74, 6) is -1.29. The predicted octanol–water partition coefficient (Wildman–Crippen LogP) is 3.61. The Morgan fingerprint density at radius 3 is 2.71 bits per heavy atom. The number of carbonyl (C=O) groups excluding carboxylic acids is 1. The number of hydrogen-bond acceptors (Lipinski definition) is 3. The molecule has 2 aromatic carbocycles. The van der Waals surface area contributed by atoms with Crippen molar-refractivity contribution in [3.8, 4) is 0 Å². The second kappa shape index (κ2) is 6.69. The maximum atomic E-state index is 12.7. The van der Waals surface area contributed by atoms with Crippen LogP contribution in [0.4, 0.5) is 5.69 Å². The van der Waals surface area contributed by atoms with Gasteiger partial charge >= 0.3 is 5.97 Å². The minimum atomic E-state index is -0.889. The van der Waals surface area contributed by atoms with Gasteiger partial charge in [0.25, 0.3) is 0 Å². The van der Waals surface area contributed by atoms with E-state index < -0.39 is 11.9 Å². The fourth-order valence-electron chi connectivity index (χ4n) is 2.93. The number of carboxylic acids is 1. The van der Waals surface area contributed by atoms with E-state index in [1.807, 2.05) is 38.1 Å². The normalized spacial score (nSPS) is 16.1. The van der Waals surface area contributed by atoms with E-state index in [1.54, 1.807) is 11.0 Å². The summed E-state index contributed by atoms with van der Waals surface area (Å²) in [6.07, 6.45) is 0. The number of rotatable bonds is 4. The molecule has 1 unspecified atom stereocenters. The number of nitrogens with zero attached hydrogens (tertiary/aromatic N) is 1. The van der Waals surface area contributed by atoms with E-state index in [-0.39, 0.29) is 12.5 Å². The number of carbonyl (C=O) groups is 2. The molecule has 1 heterocycles. The van der Waals surface area contributed by atoms with Crippen LogP contribution in [0.2, 0.25) is 0 Å². The molecule has 24 heavy (non-hydrogen) atoms. The Morgan fingerprint density at radius 2 is 1.96 bits per heavy atom. The highest BCUT2D eigenvalue weighted by molar-refractivity contribution is 8.00. The highest BCUT2D eigenvalue weighted by Crippen LogP contribution is 2.37. The number of benzene rings is 2. The van der Waals surface area contributed by atoms with Gasteiger partial charge in [-0.1, -0.05) is 35.9 Å². The van der Waals surface area contributed by atoms with Crippen LogP contribution in [-0.4, -0.2) is 29.3 Å². The average Bonchev–Trinajstić information content (AvgIpc) is 2.95. The van der Waals surface area contributed by atoms with Crippen LogP contribution in [0.1, 0.15) is 22.6 Å². The molecule has 0 spiro atoms. The zero-order valence-corrected chi connectivity index (χ0v) is 14.5. The summed E-state index contributed by atoms with van der Waals surface area (Å²) in [6, 6.07) is 13.4. The van der Waals surface area contributed by atoms with Gasteiger partial charge in [-0.3, -0.25) is 9.59 Å². The Bertz CT molecular complexity index is 803. The number of aliphatic carboxylic acids is 1. The summed E-state index contributed by atoms with van der Waals surface area (Å²) in [5.41, 5.74) is 3.74. The van der Waals surface area contributed by atoms with Crippen molar-refractivity contribution < 1.29 is 14.7 Å². The monoisotopic (exact) mass is 341 g/mol. The van der Waals surface area contributed by atoms with Crippen LogP contribution in [0, 0.1) is 13.8 Å². The van der Waals surface area contributed by atoms with Gasteiger partial charge in [-0.05, 0) is 37.1 Å². The van der Waals surface area contributed by atoms with Crippen molar-refractivity contribution in [3.63, 3.8) is 0 Å². The molecule has 0 bridgehead atoms. The topological polar surface area (TPSA) is 57.6 Å². The molecule has 5 heteroatoms. The van der Waals surface area contributed by atoms with Crippen molar-refractivity contribution in [1.29, 1.82) is 0 Å². The molecule has 0 fully saturated rings. The number of amides is 1. The van der Waals surface area contributed by atoms with Crippen molar-refractivity contribution >= 4 is 29.3 Å². The van der Waals surface area contributed by atoms with Gasteiger partial charge in [-0.15, -0.1) is 11.8 Å². The largest absolute Gasteiger partial charge is 0.481 e. The molecule has 0 radical (unpaired) electrons. The van der Waals surface area contributed by atoms with E-state index in [2.05, 4.69) is 12.1 Å². The molecule has 2 aromatic rings. The summed E-state index contributed by atoms with van der Waals surface area (Å²) in [4.78, 5) is 26.8. The van der Waals surface area contributed by atoms with E-state index in [9.17, 15) is 14.7 Å². The SMILES string of the molecule is Cc1ccc(C)c(SCC(=O)N2CC(C(=O)O)c3ccccc32)c1. The molecule has 1 N–H and O–H groups in total. The maximum Gasteiger partial charge on any atom is 0.312 e. The van der Waals surface area contributed by atoms with Crippen LogP contribution in [0.25, 0.3) is 0 Å². The van der Waals surface area contributed by atoms with Gasteiger partial charge in [0.15, 0.2) is 0 Å². The molecule has 0 aliphatic carbocycles. The quantitative estimate of drug-likeness (QED) is 0.863. The Labute approximate surface area is 145 Å².